The van der Waals surface area contributed by atoms with E-state index in [2.05, 4.69) is 29.0 Å². The van der Waals surface area contributed by atoms with Crippen LogP contribution in [0.3, 0.4) is 0 Å². The third kappa shape index (κ3) is 2.82. The number of nitrogens with one attached hydrogen (secondary N) is 1. The van der Waals surface area contributed by atoms with Crippen molar-refractivity contribution in [2.45, 2.75) is 17.7 Å². The summed E-state index contributed by atoms with van der Waals surface area (Å²) in [6.07, 6.45) is 2.80. The van der Waals surface area contributed by atoms with Gasteiger partial charge in [-0.15, -0.1) is 16.8 Å². The molecule has 1 aliphatic rings. The lowest BCUT2D eigenvalue weighted by atomic mass is 10.3. The zero-order chi connectivity index (χ0) is 11.5. The maximum absolute atomic E-state index is 11.6. The molecule has 1 fully saturated rings. The molecule has 0 unspecified atom stereocenters. The predicted molar refractivity (Wildman–Crippen MR) is 66.7 cm³/mol. The van der Waals surface area contributed by atoms with Crippen molar-refractivity contribution >= 4 is 34.1 Å². The van der Waals surface area contributed by atoms with Gasteiger partial charge in [-0.25, -0.2) is 0 Å². The molecular weight excluding hydrogens is 242 g/mol. The largest absolute Gasteiger partial charge is 0.300 e. The monoisotopic (exact) mass is 255 g/mol. The summed E-state index contributed by atoms with van der Waals surface area (Å²) in [5, 5.41) is 11.3. The van der Waals surface area contributed by atoms with Gasteiger partial charge in [-0.3, -0.25) is 4.79 Å². The lowest BCUT2D eigenvalue weighted by molar-refractivity contribution is -0.117. The van der Waals surface area contributed by atoms with E-state index < -0.39 is 0 Å². The van der Waals surface area contributed by atoms with E-state index in [0.29, 0.717) is 11.0 Å². The van der Waals surface area contributed by atoms with Gasteiger partial charge in [-0.2, -0.15) is 0 Å². The summed E-state index contributed by atoms with van der Waals surface area (Å²) in [6, 6.07) is 0. The molecule has 0 radical (unpaired) electrons. The van der Waals surface area contributed by atoms with E-state index in [1.807, 2.05) is 6.08 Å². The number of thioether (sulfide) groups is 1. The molecule has 0 aromatic carbocycles. The minimum absolute atomic E-state index is 0.0731. The van der Waals surface area contributed by atoms with Crippen molar-refractivity contribution in [3.8, 4) is 0 Å². The van der Waals surface area contributed by atoms with Gasteiger partial charge in [0.1, 0.15) is 0 Å². The average Bonchev–Trinajstić information content (AvgIpc) is 2.83. The van der Waals surface area contributed by atoms with Gasteiger partial charge in [0.25, 0.3) is 0 Å². The summed E-state index contributed by atoms with van der Waals surface area (Å²) in [5.74, 6) is 1.57. The molecule has 0 bridgehead atoms. The van der Waals surface area contributed by atoms with Crippen LogP contribution in [-0.4, -0.2) is 21.9 Å². The molecule has 6 heteroatoms. The van der Waals surface area contributed by atoms with E-state index in [0.717, 1.165) is 16.5 Å². The fraction of sp³-hybridized carbons (Fsp3) is 0.500. The Bertz CT molecular complexity index is 405. The number of aromatic nitrogens is 2. The number of amides is 1. The van der Waals surface area contributed by atoms with Crippen molar-refractivity contribution in [1.29, 1.82) is 0 Å². The van der Waals surface area contributed by atoms with E-state index in [1.165, 1.54) is 11.3 Å². The van der Waals surface area contributed by atoms with Gasteiger partial charge in [0.2, 0.25) is 11.0 Å². The van der Waals surface area contributed by atoms with Gasteiger partial charge < -0.3 is 5.32 Å². The highest BCUT2D eigenvalue weighted by Crippen LogP contribution is 2.38. The number of nitrogens with zero attached hydrogens (tertiary/aromatic N) is 2. The van der Waals surface area contributed by atoms with Crippen LogP contribution in [0, 0.1) is 11.8 Å². The summed E-state index contributed by atoms with van der Waals surface area (Å²) in [4.78, 5) is 11.6. The normalized spacial score (nSPS) is 22.8. The number of carbonyl (C=O) groups is 1. The number of hydrogen-bond donors (Lipinski definition) is 1. The molecule has 4 nitrogen and oxygen atoms in total. The van der Waals surface area contributed by atoms with Gasteiger partial charge in [0.05, 0.1) is 0 Å². The van der Waals surface area contributed by atoms with E-state index in [1.54, 1.807) is 11.8 Å². The maximum atomic E-state index is 11.6. The van der Waals surface area contributed by atoms with Crippen LogP contribution >= 0.6 is 23.1 Å². The summed E-state index contributed by atoms with van der Waals surface area (Å²) in [7, 11) is 0. The van der Waals surface area contributed by atoms with Gasteiger partial charge in [0.15, 0.2) is 4.34 Å². The minimum atomic E-state index is 0.0731. The Hall–Kier alpha value is -0.880. The zero-order valence-electron chi connectivity index (χ0n) is 8.97. The van der Waals surface area contributed by atoms with Gasteiger partial charge >= 0.3 is 0 Å². The van der Waals surface area contributed by atoms with Crippen LogP contribution in [0.25, 0.3) is 0 Å². The van der Waals surface area contributed by atoms with Crippen LogP contribution in [-0.2, 0) is 4.79 Å². The number of anilines is 1. The Balaban J connectivity index is 1.87. The SMILES string of the molecule is C=CCSc1nnc(NC(=O)[C@H]2C[C@H]2C)s1. The standard InChI is InChI=1S/C10H13N3OS2/c1-3-4-15-10-13-12-9(16-10)11-8(14)7-5-6(7)2/h3,6-7H,1,4-5H2,2H3,(H,11,12,14)/t6-,7+/m1/s1. The minimum Gasteiger partial charge on any atom is -0.300 e. The van der Waals surface area contributed by atoms with Crippen molar-refractivity contribution in [1.82, 2.24) is 10.2 Å². The van der Waals surface area contributed by atoms with Crippen molar-refractivity contribution in [2.24, 2.45) is 11.8 Å². The Morgan fingerprint density at radius 1 is 1.75 bits per heavy atom. The van der Waals surface area contributed by atoms with Crippen LogP contribution in [0.15, 0.2) is 17.0 Å². The summed E-state index contributed by atoms with van der Waals surface area (Å²) in [6.45, 7) is 5.72. The van der Waals surface area contributed by atoms with Crippen LogP contribution in [0.1, 0.15) is 13.3 Å². The summed E-state index contributed by atoms with van der Waals surface area (Å²) < 4.78 is 0.860. The quantitative estimate of drug-likeness (QED) is 0.499. The van der Waals surface area contributed by atoms with Gasteiger partial charge in [-0.05, 0) is 12.3 Å². The number of hydrogen-bond acceptors (Lipinski definition) is 5. The molecular formula is C10H13N3OS2. The Morgan fingerprint density at radius 2 is 2.50 bits per heavy atom. The molecule has 1 heterocycles. The third-order valence-electron chi connectivity index (χ3n) is 2.41. The highest BCUT2D eigenvalue weighted by Gasteiger charge is 2.39. The molecule has 0 saturated heterocycles. The number of carbonyl (C=O) groups excluding carboxylic acids is 1. The van der Waals surface area contributed by atoms with Crippen molar-refractivity contribution in [3.05, 3.63) is 12.7 Å². The van der Waals surface area contributed by atoms with E-state index in [9.17, 15) is 4.79 Å². The van der Waals surface area contributed by atoms with Crippen LogP contribution < -0.4 is 5.32 Å². The Morgan fingerprint density at radius 3 is 3.12 bits per heavy atom. The second-order valence-electron chi connectivity index (χ2n) is 3.78. The smallest absolute Gasteiger partial charge is 0.229 e. The maximum Gasteiger partial charge on any atom is 0.229 e. The van der Waals surface area contributed by atoms with Crippen molar-refractivity contribution < 1.29 is 4.79 Å². The third-order valence-corrected chi connectivity index (χ3v) is 4.38. The van der Waals surface area contributed by atoms with Gasteiger partial charge in [0, 0.05) is 11.7 Å². The molecule has 1 amide bonds. The van der Waals surface area contributed by atoms with Crippen molar-refractivity contribution in [2.75, 3.05) is 11.1 Å². The number of rotatable bonds is 5. The van der Waals surface area contributed by atoms with E-state index in [4.69, 9.17) is 0 Å². The first kappa shape index (κ1) is 11.6. The molecule has 16 heavy (non-hydrogen) atoms. The first-order chi connectivity index (χ1) is 7.70. The molecule has 0 spiro atoms. The molecule has 1 N–H and O–H groups in total. The fourth-order valence-corrected chi connectivity index (χ4v) is 2.85. The Kier molecular flexibility index (Phi) is 3.60. The summed E-state index contributed by atoms with van der Waals surface area (Å²) >= 11 is 2.98. The highest BCUT2D eigenvalue weighted by atomic mass is 32.2. The van der Waals surface area contributed by atoms with Crippen molar-refractivity contribution in [3.63, 3.8) is 0 Å². The first-order valence-corrected chi connectivity index (χ1v) is 6.89. The lowest BCUT2D eigenvalue weighted by Gasteiger charge is -1.97. The molecule has 2 atom stereocenters. The van der Waals surface area contributed by atoms with E-state index >= 15 is 0 Å². The van der Waals surface area contributed by atoms with E-state index in [-0.39, 0.29) is 11.8 Å². The molecule has 86 valence electrons. The van der Waals surface area contributed by atoms with Crippen LogP contribution in [0.2, 0.25) is 0 Å². The molecule has 1 aromatic rings. The first-order valence-electron chi connectivity index (χ1n) is 5.08. The van der Waals surface area contributed by atoms with Gasteiger partial charge in [-0.1, -0.05) is 36.1 Å². The van der Waals surface area contributed by atoms with Crippen LogP contribution in [0.5, 0.6) is 0 Å². The molecule has 2 rings (SSSR count). The fourth-order valence-electron chi connectivity index (χ4n) is 1.33. The summed E-state index contributed by atoms with van der Waals surface area (Å²) in [5.41, 5.74) is 0. The topological polar surface area (TPSA) is 54.9 Å². The average molecular weight is 255 g/mol. The molecule has 1 saturated carbocycles. The second kappa shape index (κ2) is 4.97. The van der Waals surface area contributed by atoms with Crippen LogP contribution in [0.4, 0.5) is 5.13 Å². The lowest BCUT2D eigenvalue weighted by Crippen LogP contribution is -2.14. The Labute approximate surface area is 103 Å². The second-order valence-corrected chi connectivity index (χ2v) is 6.03. The molecule has 0 aliphatic heterocycles. The highest BCUT2D eigenvalue weighted by molar-refractivity contribution is 8.01. The molecule has 1 aromatic heterocycles. The molecule has 1 aliphatic carbocycles. The zero-order valence-corrected chi connectivity index (χ0v) is 10.6. The predicted octanol–water partition coefficient (Wildman–Crippen LogP) is 2.41.